The Balaban J connectivity index is 0.000000500. The van der Waals surface area contributed by atoms with Crippen molar-refractivity contribution in [2.45, 2.75) is 12.8 Å². The summed E-state index contributed by atoms with van der Waals surface area (Å²) in [5, 5.41) is 0. The molecule has 0 aromatic carbocycles. The molecular formula is C11H26N2O. The molecule has 0 aromatic heterocycles. The molecular weight excluding hydrogens is 176 g/mol. The predicted octanol–water partition coefficient (Wildman–Crippen LogP) is 1.15. The van der Waals surface area contributed by atoms with E-state index in [0.29, 0.717) is 0 Å². The van der Waals surface area contributed by atoms with Crippen molar-refractivity contribution in [3.8, 4) is 0 Å². The SMILES string of the molecule is CN(C)CC1CCN(C)CC1.COC. The topological polar surface area (TPSA) is 15.7 Å². The summed E-state index contributed by atoms with van der Waals surface area (Å²) >= 11 is 0. The molecule has 0 saturated carbocycles. The first-order valence-corrected chi connectivity index (χ1v) is 5.33. The van der Waals surface area contributed by atoms with E-state index in [9.17, 15) is 0 Å². The van der Waals surface area contributed by atoms with Gasteiger partial charge in [0.05, 0.1) is 0 Å². The highest BCUT2D eigenvalue weighted by molar-refractivity contribution is 4.71. The maximum absolute atomic E-state index is 4.25. The molecule has 0 aliphatic carbocycles. The molecule has 14 heavy (non-hydrogen) atoms. The van der Waals surface area contributed by atoms with E-state index in [0.717, 1.165) is 5.92 Å². The van der Waals surface area contributed by atoms with Crippen LogP contribution >= 0.6 is 0 Å². The molecule has 1 aliphatic heterocycles. The summed E-state index contributed by atoms with van der Waals surface area (Å²) < 4.78 is 4.25. The summed E-state index contributed by atoms with van der Waals surface area (Å²) in [5.74, 6) is 0.946. The zero-order valence-electron chi connectivity index (χ0n) is 10.4. The Kier molecular flexibility index (Phi) is 8.14. The van der Waals surface area contributed by atoms with Crippen LogP contribution in [-0.4, -0.2) is 64.8 Å². The number of methoxy groups -OCH3 is 1. The van der Waals surface area contributed by atoms with Gasteiger partial charge in [0.1, 0.15) is 0 Å². The maximum Gasteiger partial charge on any atom is 0.0351 e. The zero-order valence-corrected chi connectivity index (χ0v) is 10.4. The van der Waals surface area contributed by atoms with Crippen molar-refractivity contribution in [3.63, 3.8) is 0 Å². The number of piperidine rings is 1. The number of hydrogen-bond acceptors (Lipinski definition) is 3. The van der Waals surface area contributed by atoms with Crippen LogP contribution in [0.1, 0.15) is 12.8 Å². The first-order chi connectivity index (χ1) is 6.60. The lowest BCUT2D eigenvalue weighted by molar-refractivity contribution is 0.188. The monoisotopic (exact) mass is 202 g/mol. The molecule has 3 nitrogen and oxygen atoms in total. The Bertz CT molecular complexity index is 120. The molecule has 1 aliphatic rings. The van der Waals surface area contributed by atoms with Gasteiger partial charge < -0.3 is 14.5 Å². The molecule has 0 radical (unpaired) electrons. The van der Waals surface area contributed by atoms with Gasteiger partial charge in [0.25, 0.3) is 0 Å². The molecule has 0 N–H and O–H groups in total. The fourth-order valence-corrected chi connectivity index (χ4v) is 1.76. The van der Waals surface area contributed by atoms with Crippen LogP contribution < -0.4 is 0 Å². The van der Waals surface area contributed by atoms with E-state index in [1.807, 2.05) is 0 Å². The van der Waals surface area contributed by atoms with Gasteiger partial charge in [0, 0.05) is 20.8 Å². The van der Waals surface area contributed by atoms with E-state index in [1.165, 1.54) is 32.5 Å². The Morgan fingerprint density at radius 3 is 2.00 bits per heavy atom. The molecule has 0 bridgehead atoms. The van der Waals surface area contributed by atoms with Crippen LogP contribution in [0, 0.1) is 5.92 Å². The summed E-state index contributed by atoms with van der Waals surface area (Å²) in [4.78, 5) is 4.72. The van der Waals surface area contributed by atoms with E-state index in [-0.39, 0.29) is 0 Å². The van der Waals surface area contributed by atoms with Gasteiger partial charge in [-0.1, -0.05) is 0 Å². The molecule has 1 rings (SSSR count). The summed E-state index contributed by atoms with van der Waals surface area (Å²) in [7, 11) is 9.79. The van der Waals surface area contributed by atoms with Gasteiger partial charge in [0.2, 0.25) is 0 Å². The molecule has 86 valence electrons. The second-order valence-corrected chi connectivity index (χ2v) is 4.42. The third-order valence-corrected chi connectivity index (χ3v) is 2.46. The van der Waals surface area contributed by atoms with Gasteiger partial charge in [0.15, 0.2) is 0 Å². The van der Waals surface area contributed by atoms with Gasteiger partial charge in [-0.15, -0.1) is 0 Å². The number of hydrogen-bond donors (Lipinski definition) is 0. The van der Waals surface area contributed by atoms with Gasteiger partial charge in [-0.2, -0.15) is 0 Å². The van der Waals surface area contributed by atoms with Crippen LogP contribution in [0.3, 0.4) is 0 Å². The van der Waals surface area contributed by atoms with Crippen LogP contribution in [0.2, 0.25) is 0 Å². The highest BCUT2D eigenvalue weighted by Gasteiger charge is 2.16. The second-order valence-electron chi connectivity index (χ2n) is 4.42. The summed E-state index contributed by atoms with van der Waals surface area (Å²) in [6.45, 7) is 3.85. The van der Waals surface area contributed by atoms with E-state index in [4.69, 9.17) is 0 Å². The predicted molar refractivity (Wildman–Crippen MR) is 61.7 cm³/mol. The Hall–Kier alpha value is -0.120. The van der Waals surface area contributed by atoms with Crippen molar-refractivity contribution in [1.82, 2.24) is 9.80 Å². The molecule has 1 saturated heterocycles. The van der Waals surface area contributed by atoms with Crippen molar-refractivity contribution in [2.75, 3.05) is 55.0 Å². The minimum absolute atomic E-state index is 0.946. The molecule has 0 atom stereocenters. The van der Waals surface area contributed by atoms with E-state index < -0.39 is 0 Å². The van der Waals surface area contributed by atoms with Crippen molar-refractivity contribution in [3.05, 3.63) is 0 Å². The summed E-state index contributed by atoms with van der Waals surface area (Å²) in [6.07, 6.45) is 2.77. The van der Waals surface area contributed by atoms with Crippen molar-refractivity contribution >= 4 is 0 Å². The van der Waals surface area contributed by atoms with Crippen molar-refractivity contribution in [1.29, 1.82) is 0 Å². The average Bonchev–Trinajstić information content (AvgIpc) is 2.09. The molecule has 1 fully saturated rings. The highest BCUT2D eigenvalue weighted by Crippen LogP contribution is 2.15. The normalized spacial score (nSPS) is 19.3. The first-order valence-electron chi connectivity index (χ1n) is 5.33. The van der Waals surface area contributed by atoms with Crippen LogP contribution in [0.5, 0.6) is 0 Å². The lowest BCUT2D eigenvalue weighted by atomic mass is 9.97. The minimum atomic E-state index is 0.946. The van der Waals surface area contributed by atoms with E-state index >= 15 is 0 Å². The van der Waals surface area contributed by atoms with E-state index in [1.54, 1.807) is 14.2 Å². The Morgan fingerprint density at radius 2 is 1.64 bits per heavy atom. The van der Waals surface area contributed by atoms with Crippen LogP contribution in [0.25, 0.3) is 0 Å². The standard InChI is InChI=1S/C9H20N2.C2H6O/c1-10(2)8-9-4-6-11(3)7-5-9;1-3-2/h9H,4-8H2,1-3H3;1-2H3. The Labute approximate surface area is 89.0 Å². The lowest BCUT2D eigenvalue weighted by Crippen LogP contribution is -2.34. The summed E-state index contributed by atoms with van der Waals surface area (Å²) in [5.41, 5.74) is 0. The lowest BCUT2D eigenvalue weighted by Gasteiger charge is -2.30. The quantitative estimate of drug-likeness (QED) is 0.668. The van der Waals surface area contributed by atoms with Gasteiger partial charge in [-0.05, 0) is 53.0 Å². The van der Waals surface area contributed by atoms with E-state index in [2.05, 4.69) is 35.7 Å². The first kappa shape index (κ1) is 13.9. The third-order valence-electron chi connectivity index (χ3n) is 2.46. The van der Waals surface area contributed by atoms with Crippen LogP contribution in [0.4, 0.5) is 0 Å². The third kappa shape index (κ3) is 7.30. The molecule has 0 amide bonds. The smallest absolute Gasteiger partial charge is 0.0351 e. The van der Waals surface area contributed by atoms with Gasteiger partial charge in [-0.3, -0.25) is 0 Å². The highest BCUT2D eigenvalue weighted by atomic mass is 16.4. The molecule has 0 spiro atoms. The van der Waals surface area contributed by atoms with Crippen LogP contribution in [0.15, 0.2) is 0 Å². The average molecular weight is 202 g/mol. The van der Waals surface area contributed by atoms with Crippen LogP contribution in [-0.2, 0) is 4.74 Å². The number of likely N-dealkylation sites (tertiary alicyclic amines) is 1. The molecule has 3 heteroatoms. The largest absolute Gasteiger partial charge is 0.388 e. The van der Waals surface area contributed by atoms with Crippen molar-refractivity contribution in [2.24, 2.45) is 5.92 Å². The second kappa shape index (κ2) is 8.21. The van der Waals surface area contributed by atoms with Gasteiger partial charge >= 0.3 is 0 Å². The minimum Gasteiger partial charge on any atom is -0.388 e. The van der Waals surface area contributed by atoms with Gasteiger partial charge in [-0.25, -0.2) is 0 Å². The Morgan fingerprint density at radius 1 is 1.21 bits per heavy atom. The zero-order chi connectivity index (χ0) is 11.0. The number of nitrogens with zero attached hydrogens (tertiary/aromatic N) is 2. The molecule has 0 aromatic rings. The fourth-order valence-electron chi connectivity index (χ4n) is 1.76. The molecule has 1 heterocycles. The number of rotatable bonds is 2. The number of ether oxygens (including phenoxy) is 1. The fraction of sp³-hybridized carbons (Fsp3) is 1.00. The maximum atomic E-state index is 4.25. The summed E-state index contributed by atoms with van der Waals surface area (Å²) in [6, 6.07) is 0. The van der Waals surface area contributed by atoms with Crippen molar-refractivity contribution < 1.29 is 4.74 Å². The molecule has 0 unspecified atom stereocenters.